The van der Waals surface area contributed by atoms with Gasteiger partial charge in [0.25, 0.3) is 0 Å². The SMILES string of the molecule is CN=C(NCCn1cc(C)cn1)NCc1ccc(C)cc1OC. The van der Waals surface area contributed by atoms with E-state index < -0.39 is 0 Å². The molecular formula is C17H25N5O. The van der Waals surface area contributed by atoms with Crippen molar-refractivity contribution in [3.63, 3.8) is 0 Å². The third-order valence-electron chi connectivity index (χ3n) is 3.51. The zero-order valence-corrected chi connectivity index (χ0v) is 14.3. The summed E-state index contributed by atoms with van der Waals surface area (Å²) in [5.74, 6) is 1.65. The minimum Gasteiger partial charge on any atom is -0.496 e. The van der Waals surface area contributed by atoms with Gasteiger partial charge in [0.1, 0.15) is 5.75 Å². The fraction of sp³-hybridized carbons (Fsp3) is 0.412. The summed E-state index contributed by atoms with van der Waals surface area (Å²) >= 11 is 0. The Balaban J connectivity index is 1.83. The summed E-state index contributed by atoms with van der Waals surface area (Å²) in [6.45, 7) is 6.29. The van der Waals surface area contributed by atoms with Crippen LogP contribution in [0.25, 0.3) is 0 Å². The second-order valence-electron chi connectivity index (χ2n) is 5.45. The van der Waals surface area contributed by atoms with E-state index in [1.54, 1.807) is 14.2 Å². The molecule has 0 bridgehead atoms. The van der Waals surface area contributed by atoms with Crippen molar-refractivity contribution < 1.29 is 4.74 Å². The maximum Gasteiger partial charge on any atom is 0.191 e. The third kappa shape index (κ3) is 5.02. The molecular weight excluding hydrogens is 290 g/mol. The van der Waals surface area contributed by atoms with Crippen LogP contribution in [0.1, 0.15) is 16.7 Å². The number of nitrogens with zero attached hydrogens (tertiary/aromatic N) is 3. The largest absolute Gasteiger partial charge is 0.496 e. The van der Waals surface area contributed by atoms with Gasteiger partial charge in [-0.1, -0.05) is 12.1 Å². The Labute approximate surface area is 137 Å². The highest BCUT2D eigenvalue weighted by molar-refractivity contribution is 5.79. The van der Waals surface area contributed by atoms with Crippen LogP contribution in [0.15, 0.2) is 35.6 Å². The van der Waals surface area contributed by atoms with Crippen molar-refractivity contribution in [2.24, 2.45) is 4.99 Å². The molecule has 1 aromatic carbocycles. The van der Waals surface area contributed by atoms with E-state index in [0.29, 0.717) is 6.54 Å². The summed E-state index contributed by atoms with van der Waals surface area (Å²) in [4.78, 5) is 4.24. The highest BCUT2D eigenvalue weighted by Gasteiger charge is 2.04. The molecule has 23 heavy (non-hydrogen) atoms. The van der Waals surface area contributed by atoms with Crippen LogP contribution in [0.3, 0.4) is 0 Å². The molecule has 0 aliphatic carbocycles. The average molecular weight is 315 g/mol. The van der Waals surface area contributed by atoms with E-state index in [-0.39, 0.29) is 0 Å². The van der Waals surface area contributed by atoms with E-state index in [4.69, 9.17) is 4.74 Å². The predicted molar refractivity (Wildman–Crippen MR) is 92.9 cm³/mol. The number of aliphatic imine (C=N–C) groups is 1. The second kappa shape index (κ2) is 8.22. The minimum atomic E-state index is 0.657. The van der Waals surface area contributed by atoms with Crippen molar-refractivity contribution in [1.29, 1.82) is 0 Å². The molecule has 0 saturated heterocycles. The molecule has 0 aliphatic rings. The normalized spacial score (nSPS) is 11.4. The molecule has 0 atom stereocenters. The summed E-state index contributed by atoms with van der Waals surface area (Å²) < 4.78 is 7.34. The molecule has 0 aliphatic heterocycles. The van der Waals surface area contributed by atoms with Gasteiger partial charge in [-0.25, -0.2) is 0 Å². The van der Waals surface area contributed by atoms with Crippen LogP contribution in [0.5, 0.6) is 5.75 Å². The Kier molecular flexibility index (Phi) is 6.02. The first-order valence-corrected chi connectivity index (χ1v) is 7.69. The van der Waals surface area contributed by atoms with Gasteiger partial charge in [0.15, 0.2) is 5.96 Å². The van der Waals surface area contributed by atoms with Crippen molar-refractivity contribution in [3.8, 4) is 5.75 Å². The Morgan fingerprint density at radius 1 is 1.26 bits per heavy atom. The van der Waals surface area contributed by atoms with Crippen LogP contribution < -0.4 is 15.4 Å². The van der Waals surface area contributed by atoms with E-state index in [0.717, 1.165) is 30.4 Å². The topological polar surface area (TPSA) is 63.5 Å². The van der Waals surface area contributed by atoms with E-state index in [2.05, 4.69) is 39.8 Å². The first-order valence-electron chi connectivity index (χ1n) is 7.69. The van der Waals surface area contributed by atoms with E-state index in [1.165, 1.54) is 11.1 Å². The maximum absolute atomic E-state index is 5.42. The molecule has 0 spiro atoms. The molecule has 1 heterocycles. The predicted octanol–water partition coefficient (Wildman–Crippen LogP) is 1.87. The lowest BCUT2D eigenvalue weighted by molar-refractivity contribution is 0.408. The van der Waals surface area contributed by atoms with Gasteiger partial charge in [-0.15, -0.1) is 0 Å². The Morgan fingerprint density at radius 3 is 2.74 bits per heavy atom. The summed E-state index contributed by atoms with van der Waals surface area (Å²) in [6.07, 6.45) is 3.88. The molecule has 0 amide bonds. The molecule has 2 N–H and O–H groups in total. The highest BCUT2D eigenvalue weighted by atomic mass is 16.5. The number of aryl methyl sites for hydroxylation is 2. The second-order valence-corrected chi connectivity index (χ2v) is 5.45. The van der Waals surface area contributed by atoms with Crippen molar-refractivity contribution in [2.45, 2.75) is 26.9 Å². The fourth-order valence-corrected chi connectivity index (χ4v) is 2.28. The van der Waals surface area contributed by atoms with Gasteiger partial charge in [-0.05, 0) is 31.0 Å². The van der Waals surface area contributed by atoms with Crippen LogP contribution >= 0.6 is 0 Å². The number of methoxy groups -OCH3 is 1. The summed E-state index contributed by atoms with van der Waals surface area (Å²) in [6, 6.07) is 6.18. The lowest BCUT2D eigenvalue weighted by Crippen LogP contribution is -2.38. The zero-order valence-electron chi connectivity index (χ0n) is 14.3. The number of nitrogens with one attached hydrogen (secondary N) is 2. The lowest BCUT2D eigenvalue weighted by atomic mass is 10.1. The van der Waals surface area contributed by atoms with Crippen LogP contribution in [-0.4, -0.2) is 36.4 Å². The molecule has 124 valence electrons. The first kappa shape index (κ1) is 16.9. The lowest BCUT2D eigenvalue weighted by Gasteiger charge is -2.14. The number of aromatic nitrogens is 2. The standard InChI is InChI=1S/C17H25N5O/c1-13-5-6-15(16(9-13)23-4)11-20-17(18-3)19-7-8-22-12-14(2)10-21-22/h5-6,9-10,12H,7-8,11H2,1-4H3,(H2,18,19,20). The number of hydrogen-bond donors (Lipinski definition) is 2. The van der Waals surface area contributed by atoms with Crippen molar-refractivity contribution in [2.75, 3.05) is 20.7 Å². The summed E-state index contributed by atoms with van der Waals surface area (Å²) in [5.41, 5.74) is 3.45. The Morgan fingerprint density at radius 2 is 2.09 bits per heavy atom. The first-order chi connectivity index (χ1) is 11.1. The Bertz CT molecular complexity index is 663. The smallest absolute Gasteiger partial charge is 0.191 e. The van der Waals surface area contributed by atoms with Gasteiger partial charge in [-0.3, -0.25) is 9.67 Å². The van der Waals surface area contributed by atoms with Crippen molar-refractivity contribution in [3.05, 3.63) is 47.3 Å². The van der Waals surface area contributed by atoms with Gasteiger partial charge in [0.05, 0.1) is 19.9 Å². The van der Waals surface area contributed by atoms with Crippen LogP contribution in [0, 0.1) is 13.8 Å². The fourth-order valence-electron chi connectivity index (χ4n) is 2.28. The van der Waals surface area contributed by atoms with Crippen LogP contribution in [0.4, 0.5) is 0 Å². The van der Waals surface area contributed by atoms with Gasteiger partial charge in [-0.2, -0.15) is 5.10 Å². The molecule has 1 aromatic heterocycles. The monoisotopic (exact) mass is 315 g/mol. The number of rotatable bonds is 6. The molecule has 2 aromatic rings. The van der Waals surface area contributed by atoms with Crippen molar-refractivity contribution >= 4 is 5.96 Å². The molecule has 6 nitrogen and oxygen atoms in total. The zero-order chi connectivity index (χ0) is 16.7. The maximum atomic E-state index is 5.42. The number of benzene rings is 1. The molecule has 6 heteroatoms. The molecule has 0 unspecified atom stereocenters. The molecule has 2 rings (SSSR count). The highest BCUT2D eigenvalue weighted by Crippen LogP contribution is 2.19. The number of guanidine groups is 1. The van der Waals surface area contributed by atoms with E-state index in [1.807, 2.05) is 30.1 Å². The summed E-state index contributed by atoms with van der Waals surface area (Å²) in [7, 11) is 3.46. The molecule has 0 radical (unpaired) electrons. The van der Waals surface area contributed by atoms with E-state index in [9.17, 15) is 0 Å². The number of ether oxygens (including phenoxy) is 1. The van der Waals surface area contributed by atoms with Gasteiger partial charge >= 0.3 is 0 Å². The van der Waals surface area contributed by atoms with Crippen molar-refractivity contribution in [1.82, 2.24) is 20.4 Å². The van der Waals surface area contributed by atoms with Gasteiger partial charge in [0.2, 0.25) is 0 Å². The number of hydrogen-bond acceptors (Lipinski definition) is 3. The average Bonchev–Trinajstić information content (AvgIpc) is 2.96. The minimum absolute atomic E-state index is 0.657. The Hall–Kier alpha value is -2.50. The van der Waals surface area contributed by atoms with E-state index >= 15 is 0 Å². The van der Waals surface area contributed by atoms with Gasteiger partial charge < -0.3 is 15.4 Å². The molecule has 0 saturated carbocycles. The van der Waals surface area contributed by atoms with Gasteiger partial charge in [0, 0.05) is 31.9 Å². The van der Waals surface area contributed by atoms with Crippen LogP contribution in [0.2, 0.25) is 0 Å². The molecule has 0 fully saturated rings. The summed E-state index contributed by atoms with van der Waals surface area (Å²) in [5, 5.41) is 10.8. The van der Waals surface area contributed by atoms with Crippen LogP contribution in [-0.2, 0) is 13.1 Å². The third-order valence-corrected chi connectivity index (χ3v) is 3.51. The quantitative estimate of drug-likeness (QED) is 0.631.